The molecule has 0 aromatic heterocycles. The molecule has 272 valence electrons. The van der Waals surface area contributed by atoms with Crippen molar-refractivity contribution in [2.45, 2.75) is 95.8 Å². The molecule has 0 spiro atoms. The molecular formula is C34H40O16. The first kappa shape index (κ1) is 36.9. The SMILES string of the molecule is CC(=O)OC[C@H]1O[C@@H](O[C@@H]2OCC[C@H]3[C@H](OC(C)=O)[C@@H]4O[C@]4(COC(=O)/C=C/c4ccccc4)[C@@H]23)[C@H](OC(C)=O)[C@@H](OC(C)=O)[C@@H]1OC(C)=O. The van der Waals surface area contributed by atoms with E-state index in [1.165, 1.54) is 13.0 Å². The van der Waals surface area contributed by atoms with Gasteiger partial charge in [0.2, 0.25) is 6.29 Å². The maximum absolute atomic E-state index is 12.8. The highest BCUT2D eigenvalue weighted by Crippen LogP contribution is 2.61. The molecule has 11 atom stereocenters. The molecule has 1 aromatic rings. The summed E-state index contributed by atoms with van der Waals surface area (Å²) in [5.41, 5.74) is -0.400. The molecule has 3 saturated heterocycles. The number of hydrogen-bond donors (Lipinski definition) is 0. The molecule has 3 heterocycles. The Balaban J connectivity index is 1.43. The lowest BCUT2D eigenvalue weighted by Crippen LogP contribution is -2.64. The Morgan fingerprint density at radius 3 is 2.02 bits per heavy atom. The van der Waals surface area contributed by atoms with Crippen molar-refractivity contribution < 1.29 is 76.1 Å². The van der Waals surface area contributed by atoms with E-state index < -0.39 is 103 Å². The van der Waals surface area contributed by atoms with E-state index in [0.29, 0.717) is 6.42 Å². The lowest BCUT2D eigenvalue weighted by molar-refractivity contribution is -0.357. The van der Waals surface area contributed by atoms with E-state index in [1.807, 2.05) is 30.3 Å². The number of esters is 6. The van der Waals surface area contributed by atoms with Crippen molar-refractivity contribution in [1.29, 1.82) is 0 Å². The third kappa shape index (κ3) is 8.49. The quantitative estimate of drug-likeness (QED) is 0.131. The highest BCUT2D eigenvalue weighted by atomic mass is 16.8. The number of hydrogen-bond acceptors (Lipinski definition) is 16. The molecule has 0 unspecified atom stereocenters. The summed E-state index contributed by atoms with van der Waals surface area (Å²) in [6, 6.07) is 9.15. The molecule has 1 aromatic carbocycles. The molecule has 0 amide bonds. The molecular weight excluding hydrogens is 664 g/mol. The molecule has 0 N–H and O–H groups in total. The van der Waals surface area contributed by atoms with Gasteiger partial charge in [-0.2, -0.15) is 0 Å². The minimum absolute atomic E-state index is 0.150. The lowest BCUT2D eigenvalue weighted by Gasteiger charge is -2.46. The third-order valence-electron chi connectivity index (χ3n) is 8.71. The number of fused-ring (bicyclic) bond motifs is 3. The summed E-state index contributed by atoms with van der Waals surface area (Å²) in [4.78, 5) is 73.4. The fraction of sp³-hybridized carbons (Fsp3) is 0.588. The van der Waals surface area contributed by atoms with E-state index in [9.17, 15) is 28.8 Å². The standard InChI is InChI=1S/C34H40O16/c1-17(35)42-15-24-28(45-19(3)37)29(46-20(4)38)30(47-21(5)39)33(48-24)49-32-26-23(13-14-41-32)27(44-18(2)36)31-34(26,50-31)16-43-25(40)12-11-22-9-7-6-8-10-22/h6-12,23-24,26-33H,13-16H2,1-5H3/b12-11+/t23-,24-,26-,27+,28-,29+,30-,31+,32+,33+,34-/m1/s1. The second kappa shape index (κ2) is 15.7. The van der Waals surface area contributed by atoms with Crippen LogP contribution >= 0.6 is 0 Å². The van der Waals surface area contributed by atoms with E-state index in [4.69, 9.17) is 47.4 Å². The van der Waals surface area contributed by atoms with Crippen LogP contribution in [0.2, 0.25) is 0 Å². The predicted molar refractivity (Wildman–Crippen MR) is 164 cm³/mol. The average molecular weight is 705 g/mol. The van der Waals surface area contributed by atoms with Crippen molar-refractivity contribution in [3.63, 3.8) is 0 Å². The molecule has 16 heteroatoms. The van der Waals surface area contributed by atoms with Crippen molar-refractivity contribution in [3.05, 3.63) is 42.0 Å². The minimum Gasteiger partial charge on any atom is -0.463 e. The first-order valence-electron chi connectivity index (χ1n) is 16.1. The highest BCUT2D eigenvalue weighted by molar-refractivity contribution is 5.87. The van der Waals surface area contributed by atoms with E-state index in [0.717, 1.165) is 33.3 Å². The van der Waals surface area contributed by atoms with Crippen LogP contribution in [0.1, 0.15) is 46.6 Å². The van der Waals surface area contributed by atoms with Crippen LogP contribution in [-0.4, -0.2) is 110 Å². The number of benzene rings is 1. The lowest BCUT2D eigenvalue weighted by atomic mass is 9.83. The average Bonchev–Trinajstić information content (AvgIpc) is 3.71. The monoisotopic (exact) mass is 704 g/mol. The summed E-state index contributed by atoms with van der Waals surface area (Å²) >= 11 is 0. The Morgan fingerprint density at radius 2 is 1.38 bits per heavy atom. The summed E-state index contributed by atoms with van der Waals surface area (Å²) in [5, 5.41) is 0. The minimum atomic E-state index is -1.54. The second-order valence-corrected chi connectivity index (χ2v) is 12.3. The number of ether oxygens (including phenoxy) is 10. The van der Waals surface area contributed by atoms with Crippen LogP contribution in [0.3, 0.4) is 0 Å². The summed E-state index contributed by atoms with van der Waals surface area (Å²) in [6.07, 6.45) is -6.41. The number of carbonyl (C=O) groups is 6. The van der Waals surface area contributed by atoms with E-state index in [-0.39, 0.29) is 19.1 Å². The first-order valence-corrected chi connectivity index (χ1v) is 16.1. The van der Waals surface area contributed by atoms with Gasteiger partial charge in [0.15, 0.2) is 24.6 Å². The van der Waals surface area contributed by atoms with E-state index in [1.54, 1.807) is 6.08 Å². The van der Waals surface area contributed by atoms with Gasteiger partial charge in [0.1, 0.15) is 37.1 Å². The van der Waals surface area contributed by atoms with Gasteiger partial charge < -0.3 is 47.4 Å². The zero-order valence-corrected chi connectivity index (χ0v) is 28.2. The van der Waals surface area contributed by atoms with Crippen LogP contribution in [0.4, 0.5) is 0 Å². The topological polar surface area (TPSA) is 198 Å². The molecule has 4 fully saturated rings. The fourth-order valence-electron chi connectivity index (χ4n) is 6.87. The summed E-state index contributed by atoms with van der Waals surface area (Å²) in [6.45, 7) is 5.22. The Labute approximate surface area is 287 Å². The van der Waals surface area contributed by atoms with Crippen LogP contribution < -0.4 is 0 Å². The van der Waals surface area contributed by atoms with Crippen LogP contribution in [-0.2, 0) is 76.1 Å². The van der Waals surface area contributed by atoms with Crippen molar-refractivity contribution in [3.8, 4) is 0 Å². The first-order chi connectivity index (χ1) is 23.8. The van der Waals surface area contributed by atoms with E-state index >= 15 is 0 Å². The molecule has 0 radical (unpaired) electrons. The van der Waals surface area contributed by atoms with Gasteiger partial charge in [0.05, 0.1) is 12.5 Å². The molecule has 1 saturated carbocycles. The maximum atomic E-state index is 12.8. The van der Waals surface area contributed by atoms with Gasteiger partial charge in [-0.3, -0.25) is 24.0 Å². The van der Waals surface area contributed by atoms with Gasteiger partial charge in [-0.15, -0.1) is 0 Å². The van der Waals surface area contributed by atoms with Gasteiger partial charge in [-0.05, 0) is 18.1 Å². The van der Waals surface area contributed by atoms with Crippen LogP contribution in [0, 0.1) is 11.8 Å². The zero-order chi connectivity index (χ0) is 36.2. The van der Waals surface area contributed by atoms with Gasteiger partial charge in [-0.1, -0.05) is 30.3 Å². The molecule has 3 aliphatic heterocycles. The van der Waals surface area contributed by atoms with Crippen LogP contribution in [0.15, 0.2) is 36.4 Å². The Morgan fingerprint density at radius 1 is 0.760 bits per heavy atom. The Kier molecular flexibility index (Phi) is 11.6. The van der Waals surface area contributed by atoms with Crippen LogP contribution in [0.25, 0.3) is 6.08 Å². The summed E-state index contributed by atoms with van der Waals surface area (Å²) in [5.74, 6) is -5.32. The number of rotatable bonds is 12. The Bertz CT molecular complexity index is 1480. The molecule has 16 nitrogen and oxygen atoms in total. The summed E-state index contributed by atoms with van der Waals surface area (Å²) in [7, 11) is 0. The zero-order valence-electron chi connectivity index (χ0n) is 28.2. The molecule has 4 aliphatic rings. The third-order valence-corrected chi connectivity index (χ3v) is 8.71. The fourth-order valence-corrected chi connectivity index (χ4v) is 6.87. The molecule has 1 aliphatic carbocycles. The molecule has 5 rings (SSSR count). The predicted octanol–water partition coefficient (Wildman–Crippen LogP) is 1.40. The van der Waals surface area contributed by atoms with Crippen LogP contribution in [0.5, 0.6) is 0 Å². The Hall–Kier alpha value is -4.38. The van der Waals surface area contributed by atoms with Crippen molar-refractivity contribution in [1.82, 2.24) is 0 Å². The molecule has 0 bridgehead atoms. The highest BCUT2D eigenvalue weighted by Gasteiger charge is 2.78. The van der Waals surface area contributed by atoms with Gasteiger partial charge in [0, 0.05) is 46.6 Å². The van der Waals surface area contributed by atoms with Crippen molar-refractivity contribution >= 4 is 41.9 Å². The molecule has 50 heavy (non-hydrogen) atoms. The van der Waals surface area contributed by atoms with Crippen molar-refractivity contribution in [2.24, 2.45) is 11.8 Å². The maximum Gasteiger partial charge on any atom is 0.330 e. The van der Waals surface area contributed by atoms with Gasteiger partial charge >= 0.3 is 35.8 Å². The largest absolute Gasteiger partial charge is 0.463 e. The second-order valence-electron chi connectivity index (χ2n) is 12.3. The number of carbonyl (C=O) groups excluding carboxylic acids is 6. The van der Waals surface area contributed by atoms with Gasteiger partial charge in [-0.25, -0.2) is 4.79 Å². The number of epoxide rings is 1. The van der Waals surface area contributed by atoms with Crippen molar-refractivity contribution in [2.75, 3.05) is 19.8 Å². The summed E-state index contributed by atoms with van der Waals surface area (Å²) < 4.78 is 57.6. The van der Waals surface area contributed by atoms with Gasteiger partial charge in [0.25, 0.3) is 0 Å². The van der Waals surface area contributed by atoms with E-state index in [2.05, 4.69) is 0 Å². The smallest absolute Gasteiger partial charge is 0.330 e. The normalized spacial score (nSPS) is 34.0.